The van der Waals surface area contributed by atoms with Gasteiger partial charge in [0.2, 0.25) is 0 Å². The van der Waals surface area contributed by atoms with Crippen molar-refractivity contribution in [3.8, 4) is 0 Å². The van der Waals surface area contributed by atoms with Crippen molar-refractivity contribution >= 4 is 50.7 Å². The molecule has 8 heteroatoms. The number of fused-ring (bicyclic) bond motifs is 4. The third-order valence-electron chi connectivity index (χ3n) is 11.1. The first-order valence-corrected chi connectivity index (χ1v) is 19.5. The van der Waals surface area contributed by atoms with Crippen molar-refractivity contribution in [2.24, 2.45) is 17.8 Å². The minimum absolute atomic E-state index is 0.0256. The number of benzene rings is 4. The number of carbonyl (C=O) groups is 2. The zero-order chi connectivity index (χ0) is 36.9. The van der Waals surface area contributed by atoms with Crippen LogP contribution in [0.1, 0.15) is 66.2 Å². The van der Waals surface area contributed by atoms with Gasteiger partial charge in [0.1, 0.15) is 0 Å². The number of hydrazine groups is 1. The monoisotopic (exact) mass is 716 g/mol. The van der Waals surface area contributed by atoms with Gasteiger partial charge in [-0.25, -0.2) is 10.0 Å². The van der Waals surface area contributed by atoms with Gasteiger partial charge in [0.15, 0.2) is 0 Å². The van der Waals surface area contributed by atoms with E-state index in [9.17, 15) is 9.59 Å². The van der Waals surface area contributed by atoms with E-state index in [0.29, 0.717) is 23.3 Å². The predicted molar refractivity (Wildman–Crippen MR) is 219 cm³/mol. The number of carbonyl (C=O) groups excluding carboxylic acids is 2. The van der Waals surface area contributed by atoms with Crippen LogP contribution in [0.4, 0.5) is 17.1 Å². The number of piperidine rings is 2. The van der Waals surface area contributed by atoms with E-state index in [4.69, 9.17) is 0 Å². The standard InChI is InChI=1S/C24H25N3O.C22H23N3O/c28-24(20-9-2-1-3-10-20)27(26-16-18-7-6-8-19(13-18)17-26)22-14-21-11-4-5-12-23(21)25-15-22;1-16-7-6-12-25(15-16)21-11-5-3-9-19(21)22(26)24-18-13-17-8-2-4-10-20(17)23-14-18/h1-5,9-12,14-15,18-19H,6-8,13,16-17H2;2-5,8-11,13-14,16H,6-7,12,15H2,1H3,(H,24,26). The Bertz CT molecular complexity index is 2230. The van der Waals surface area contributed by atoms with Crippen molar-refractivity contribution in [2.45, 2.75) is 45.4 Å². The third-order valence-corrected chi connectivity index (χ3v) is 11.1. The first kappa shape index (κ1) is 35.4. The fourth-order valence-corrected chi connectivity index (χ4v) is 8.54. The summed E-state index contributed by atoms with van der Waals surface area (Å²) in [5, 5.41) is 9.25. The quantitative estimate of drug-likeness (QED) is 0.185. The Balaban J connectivity index is 0.000000154. The lowest BCUT2D eigenvalue weighted by molar-refractivity contribution is 0.0612. The van der Waals surface area contributed by atoms with E-state index in [1.807, 2.05) is 114 Å². The van der Waals surface area contributed by atoms with E-state index in [-0.39, 0.29) is 11.8 Å². The first-order valence-electron chi connectivity index (χ1n) is 19.5. The Kier molecular flexibility index (Phi) is 10.6. The summed E-state index contributed by atoms with van der Waals surface area (Å²) in [6.45, 7) is 6.17. The molecular weight excluding hydrogens is 669 g/mol. The molecule has 4 aromatic carbocycles. The number of para-hydroxylation sites is 3. The summed E-state index contributed by atoms with van der Waals surface area (Å²) in [6, 6.07) is 37.5. The topological polar surface area (TPSA) is 81.7 Å². The highest BCUT2D eigenvalue weighted by atomic mass is 16.2. The molecule has 8 nitrogen and oxygen atoms in total. The van der Waals surface area contributed by atoms with E-state index in [2.05, 4.69) is 44.3 Å². The Hall–Kier alpha value is -5.60. The second-order valence-corrected chi connectivity index (χ2v) is 15.2. The molecule has 6 aromatic rings. The van der Waals surface area contributed by atoms with Gasteiger partial charge in [0.25, 0.3) is 11.8 Å². The van der Waals surface area contributed by atoms with E-state index in [1.165, 1.54) is 38.5 Å². The Morgan fingerprint density at radius 1 is 0.704 bits per heavy atom. The maximum Gasteiger partial charge on any atom is 0.272 e. The summed E-state index contributed by atoms with van der Waals surface area (Å²) < 4.78 is 0. The molecule has 1 aliphatic carbocycles. The third kappa shape index (κ3) is 7.99. The molecule has 2 bridgehead atoms. The highest BCUT2D eigenvalue weighted by Gasteiger charge is 2.36. The highest BCUT2D eigenvalue weighted by Crippen LogP contribution is 2.37. The summed E-state index contributed by atoms with van der Waals surface area (Å²) in [5.41, 5.74) is 5.90. The Morgan fingerprint density at radius 3 is 2.09 bits per heavy atom. The summed E-state index contributed by atoms with van der Waals surface area (Å²) in [7, 11) is 0. The minimum atomic E-state index is -0.0871. The number of nitrogens with zero attached hydrogens (tertiary/aromatic N) is 5. The van der Waals surface area contributed by atoms with Crippen LogP contribution >= 0.6 is 0 Å². The van der Waals surface area contributed by atoms with E-state index in [1.54, 1.807) is 6.20 Å². The maximum absolute atomic E-state index is 13.6. The molecule has 0 spiro atoms. The number of rotatable bonds is 6. The van der Waals surface area contributed by atoms with Crippen molar-refractivity contribution in [1.82, 2.24) is 15.0 Å². The second kappa shape index (κ2) is 16.2. The molecule has 3 fully saturated rings. The van der Waals surface area contributed by atoms with Gasteiger partial charge in [-0.05, 0) is 98.4 Å². The number of hydrogen-bond acceptors (Lipinski definition) is 6. The van der Waals surface area contributed by atoms with E-state index >= 15 is 0 Å². The van der Waals surface area contributed by atoms with Gasteiger partial charge < -0.3 is 10.2 Å². The molecule has 3 aliphatic rings. The molecule has 2 saturated heterocycles. The fraction of sp³-hybridized carbons (Fsp3) is 0.304. The summed E-state index contributed by atoms with van der Waals surface area (Å²) >= 11 is 0. The van der Waals surface area contributed by atoms with Gasteiger partial charge in [0, 0.05) is 48.2 Å². The fourth-order valence-electron chi connectivity index (χ4n) is 8.54. The average Bonchev–Trinajstić information content (AvgIpc) is 3.21. The predicted octanol–water partition coefficient (Wildman–Crippen LogP) is 9.64. The molecular formula is C46H48N6O2. The van der Waals surface area contributed by atoms with Crippen molar-refractivity contribution < 1.29 is 9.59 Å². The molecule has 0 radical (unpaired) electrons. The van der Waals surface area contributed by atoms with Crippen molar-refractivity contribution in [3.63, 3.8) is 0 Å². The number of pyridine rings is 2. The number of nitrogens with one attached hydrogen (secondary N) is 1. The van der Waals surface area contributed by atoms with Gasteiger partial charge in [0.05, 0.1) is 40.4 Å². The summed E-state index contributed by atoms with van der Waals surface area (Å²) in [6.07, 6.45) is 11.2. The molecule has 274 valence electrons. The molecule has 1 N–H and O–H groups in total. The van der Waals surface area contributed by atoms with Crippen LogP contribution in [-0.4, -0.2) is 53.0 Å². The highest BCUT2D eigenvalue weighted by molar-refractivity contribution is 6.09. The van der Waals surface area contributed by atoms with Crippen LogP contribution in [-0.2, 0) is 0 Å². The molecule has 1 saturated carbocycles. The summed E-state index contributed by atoms with van der Waals surface area (Å²) in [5.74, 6) is 1.97. The number of amides is 2. The number of anilines is 3. The molecule has 54 heavy (non-hydrogen) atoms. The lowest BCUT2D eigenvalue weighted by atomic mass is 9.78. The molecule has 3 unspecified atom stereocenters. The van der Waals surface area contributed by atoms with Crippen LogP contribution in [0.5, 0.6) is 0 Å². The number of hydrogen-bond donors (Lipinski definition) is 1. The van der Waals surface area contributed by atoms with Crippen molar-refractivity contribution in [2.75, 3.05) is 41.4 Å². The van der Waals surface area contributed by atoms with Gasteiger partial charge in [-0.15, -0.1) is 0 Å². The zero-order valence-electron chi connectivity index (χ0n) is 31.0. The molecule has 2 aliphatic heterocycles. The molecule has 2 aromatic heterocycles. The van der Waals surface area contributed by atoms with Gasteiger partial charge in [-0.2, -0.15) is 0 Å². The molecule has 9 rings (SSSR count). The SMILES string of the molecule is CC1CCCN(c2ccccc2C(=O)Nc2cnc3ccccc3c2)C1.O=C(c1ccccc1)N(c1cnc2ccccc2c1)N1CC2CCCC(C2)C1. The van der Waals surface area contributed by atoms with Crippen molar-refractivity contribution in [1.29, 1.82) is 0 Å². The van der Waals surface area contributed by atoms with Crippen molar-refractivity contribution in [3.05, 3.63) is 139 Å². The van der Waals surface area contributed by atoms with Crippen LogP contribution in [0, 0.1) is 17.8 Å². The van der Waals surface area contributed by atoms with Gasteiger partial charge in [-0.1, -0.05) is 80.1 Å². The Labute approximate surface area is 317 Å². The smallest absolute Gasteiger partial charge is 0.272 e. The Morgan fingerprint density at radius 2 is 1.35 bits per heavy atom. The molecule has 4 heterocycles. The lowest BCUT2D eigenvalue weighted by Gasteiger charge is -2.45. The van der Waals surface area contributed by atoms with Crippen LogP contribution < -0.4 is 15.2 Å². The van der Waals surface area contributed by atoms with Crippen LogP contribution in [0.15, 0.2) is 128 Å². The molecule has 3 atom stereocenters. The zero-order valence-corrected chi connectivity index (χ0v) is 31.0. The molecule has 2 amide bonds. The van der Waals surface area contributed by atoms with Crippen LogP contribution in [0.25, 0.3) is 21.8 Å². The first-order chi connectivity index (χ1) is 26.5. The van der Waals surface area contributed by atoms with E-state index in [0.717, 1.165) is 70.6 Å². The average molecular weight is 717 g/mol. The summed E-state index contributed by atoms with van der Waals surface area (Å²) in [4.78, 5) is 37.9. The number of aromatic nitrogens is 2. The lowest BCUT2D eigenvalue weighted by Crippen LogP contribution is -2.54. The van der Waals surface area contributed by atoms with Gasteiger partial charge in [-0.3, -0.25) is 19.6 Å². The van der Waals surface area contributed by atoms with Crippen LogP contribution in [0.2, 0.25) is 0 Å². The minimum Gasteiger partial charge on any atom is -0.371 e. The second-order valence-electron chi connectivity index (χ2n) is 15.2. The van der Waals surface area contributed by atoms with Gasteiger partial charge >= 0.3 is 0 Å². The van der Waals surface area contributed by atoms with Crippen LogP contribution in [0.3, 0.4) is 0 Å². The largest absolute Gasteiger partial charge is 0.371 e. The maximum atomic E-state index is 13.6. The van der Waals surface area contributed by atoms with E-state index < -0.39 is 0 Å². The normalized spacial score (nSPS) is 19.8.